The van der Waals surface area contributed by atoms with Gasteiger partial charge in [0.2, 0.25) is 0 Å². The Kier molecular flexibility index (Phi) is 4.60. The van der Waals surface area contributed by atoms with E-state index in [9.17, 15) is 22.8 Å². The summed E-state index contributed by atoms with van der Waals surface area (Å²) >= 11 is 0. The lowest BCUT2D eigenvalue weighted by molar-refractivity contribution is -0.222. The summed E-state index contributed by atoms with van der Waals surface area (Å²) < 4.78 is 40.1. The number of fused-ring (bicyclic) bond motifs is 1. The highest BCUT2D eigenvalue weighted by Gasteiger charge is 2.74. The van der Waals surface area contributed by atoms with Gasteiger partial charge in [0, 0.05) is 10.9 Å². The molecule has 0 saturated heterocycles. The highest BCUT2D eigenvalue weighted by Crippen LogP contribution is 2.72. The van der Waals surface area contributed by atoms with Crippen LogP contribution in [0.3, 0.4) is 0 Å². The summed E-state index contributed by atoms with van der Waals surface area (Å²) in [4.78, 5) is 24.4. The summed E-state index contributed by atoms with van der Waals surface area (Å²) in [7, 11) is 0. The molecule has 0 radical (unpaired) electrons. The minimum Gasteiger partial charge on any atom is -0.481 e. The topological polar surface area (TPSA) is 84.2 Å². The lowest BCUT2D eigenvalue weighted by Crippen LogP contribution is -2.81. The standard InChI is InChI=1S/C24H22F3N3O3/c1-14-22(9-19(31)32)12-23(14,13-22)29-21(33)18-4-2-3-16-10-28-30(20(16)18)11-15-5-7-17(8-6-15)24(25,26)27/h2-8,10,14H,9,11-13H2,1H3,(H,29,33)(H,31,32)/t14-,22?,23?/m0/s1. The zero-order chi connectivity index (χ0) is 23.6. The molecule has 3 aliphatic carbocycles. The number of halogens is 3. The molecule has 1 aromatic heterocycles. The Hall–Kier alpha value is -3.36. The molecule has 6 rings (SSSR count). The van der Waals surface area contributed by atoms with Crippen molar-refractivity contribution >= 4 is 22.8 Å². The van der Waals surface area contributed by atoms with Crippen molar-refractivity contribution in [2.45, 2.75) is 44.4 Å². The van der Waals surface area contributed by atoms with E-state index in [4.69, 9.17) is 5.11 Å². The Bertz CT molecular complexity index is 1260. The van der Waals surface area contributed by atoms with Gasteiger partial charge in [-0.1, -0.05) is 31.2 Å². The minimum atomic E-state index is -4.40. The number of amides is 1. The maximum Gasteiger partial charge on any atom is 0.416 e. The van der Waals surface area contributed by atoms with Crippen LogP contribution in [-0.4, -0.2) is 32.3 Å². The van der Waals surface area contributed by atoms with Gasteiger partial charge >= 0.3 is 12.1 Å². The van der Waals surface area contributed by atoms with Crippen LogP contribution in [-0.2, 0) is 17.5 Å². The number of rotatable bonds is 6. The Morgan fingerprint density at radius 1 is 1.18 bits per heavy atom. The molecule has 2 N–H and O–H groups in total. The second-order valence-corrected chi connectivity index (χ2v) is 9.36. The van der Waals surface area contributed by atoms with Gasteiger partial charge in [0.1, 0.15) is 0 Å². The van der Waals surface area contributed by atoms with Crippen molar-refractivity contribution in [1.82, 2.24) is 15.1 Å². The lowest BCUT2D eigenvalue weighted by Gasteiger charge is -2.75. The molecule has 172 valence electrons. The number of carboxylic acids is 1. The molecular formula is C24H22F3N3O3. The first kappa shape index (κ1) is 21.5. The van der Waals surface area contributed by atoms with Crippen LogP contribution in [0.4, 0.5) is 13.2 Å². The number of aromatic nitrogens is 2. The van der Waals surface area contributed by atoms with Crippen molar-refractivity contribution in [3.8, 4) is 0 Å². The largest absolute Gasteiger partial charge is 0.481 e. The molecule has 1 heterocycles. The van der Waals surface area contributed by atoms with Gasteiger partial charge in [-0.05, 0) is 47.9 Å². The molecule has 2 aromatic carbocycles. The van der Waals surface area contributed by atoms with Gasteiger partial charge in [-0.25, -0.2) is 0 Å². The van der Waals surface area contributed by atoms with Crippen LogP contribution in [0.2, 0.25) is 0 Å². The number of carbonyl (C=O) groups is 2. The van der Waals surface area contributed by atoms with Gasteiger partial charge in [0.05, 0.1) is 35.8 Å². The SMILES string of the molecule is C[C@H]1C2(CC(=O)O)CC1(NC(=O)c1cccc3cnn(Cc4ccc(C(F)(F)F)cc4)c13)C2. The number of benzene rings is 2. The molecule has 6 nitrogen and oxygen atoms in total. The van der Waals surface area contributed by atoms with E-state index in [1.54, 1.807) is 23.0 Å². The molecule has 3 aliphatic rings. The average Bonchev–Trinajstić information content (AvgIpc) is 3.14. The van der Waals surface area contributed by atoms with Crippen molar-refractivity contribution in [3.05, 3.63) is 65.4 Å². The molecule has 3 aromatic rings. The molecule has 0 spiro atoms. The van der Waals surface area contributed by atoms with Crippen LogP contribution in [0, 0.1) is 11.3 Å². The predicted octanol–water partition coefficient (Wildman–Crippen LogP) is 4.48. The van der Waals surface area contributed by atoms with Gasteiger partial charge < -0.3 is 10.4 Å². The first-order chi connectivity index (χ1) is 15.5. The maximum absolute atomic E-state index is 13.2. The van der Waals surface area contributed by atoms with Crippen molar-refractivity contribution in [2.24, 2.45) is 11.3 Å². The second-order valence-electron chi connectivity index (χ2n) is 9.36. The normalized spacial score (nSPS) is 25.9. The van der Waals surface area contributed by atoms with E-state index in [2.05, 4.69) is 10.4 Å². The smallest absolute Gasteiger partial charge is 0.416 e. The van der Waals surface area contributed by atoms with E-state index in [0.717, 1.165) is 17.5 Å². The van der Waals surface area contributed by atoms with E-state index < -0.39 is 17.7 Å². The molecule has 2 bridgehead atoms. The van der Waals surface area contributed by atoms with Crippen molar-refractivity contribution in [3.63, 3.8) is 0 Å². The highest BCUT2D eigenvalue weighted by molar-refractivity contribution is 6.06. The summed E-state index contributed by atoms with van der Waals surface area (Å²) in [5.41, 5.74) is 0.343. The fourth-order valence-corrected chi connectivity index (χ4v) is 5.63. The molecule has 1 amide bonds. The van der Waals surface area contributed by atoms with Crippen LogP contribution in [0.1, 0.15) is 47.7 Å². The van der Waals surface area contributed by atoms with Crippen molar-refractivity contribution in [1.29, 1.82) is 0 Å². The van der Waals surface area contributed by atoms with E-state index in [-0.39, 0.29) is 35.7 Å². The summed E-state index contributed by atoms with van der Waals surface area (Å²) in [5, 5.41) is 17.4. The Morgan fingerprint density at radius 3 is 2.48 bits per heavy atom. The third-order valence-electron chi connectivity index (χ3n) is 7.47. The monoisotopic (exact) mass is 457 g/mol. The number of aliphatic carboxylic acids is 1. The van der Waals surface area contributed by atoms with Crippen LogP contribution in [0.5, 0.6) is 0 Å². The molecular weight excluding hydrogens is 435 g/mol. The predicted molar refractivity (Wildman–Crippen MR) is 114 cm³/mol. The van der Waals surface area contributed by atoms with E-state index in [1.807, 2.05) is 13.0 Å². The number of carboxylic acid groups (broad SMARTS) is 1. The van der Waals surface area contributed by atoms with Crippen LogP contribution >= 0.6 is 0 Å². The van der Waals surface area contributed by atoms with Crippen LogP contribution in [0.15, 0.2) is 48.7 Å². The van der Waals surface area contributed by atoms with Gasteiger partial charge in [-0.15, -0.1) is 0 Å². The van der Waals surface area contributed by atoms with E-state index >= 15 is 0 Å². The number of carbonyl (C=O) groups excluding carboxylic acids is 1. The summed E-state index contributed by atoms with van der Waals surface area (Å²) in [5.74, 6) is -0.995. The fraction of sp³-hybridized carbons (Fsp3) is 0.375. The Morgan fingerprint density at radius 2 is 1.88 bits per heavy atom. The lowest BCUT2D eigenvalue weighted by atomic mass is 9.32. The molecule has 0 unspecified atom stereocenters. The number of alkyl halides is 3. The molecule has 9 heteroatoms. The number of hydrogen-bond donors (Lipinski definition) is 2. The molecule has 1 atom stereocenters. The van der Waals surface area contributed by atoms with Crippen molar-refractivity contribution in [2.75, 3.05) is 0 Å². The zero-order valence-electron chi connectivity index (χ0n) is 17.8. The van der Waals surface area contributed by atoms with E-state index in [1.165, 1.54) is 12.1 Å². The fourth-order valence-electron chi connectivity index (χ4n) is 5.63. The van der Waals surface area contributed by atoms with E-state index in [0.29, 0.717) is 29.5 Å². The van der Waals surface area contributed by atoms with Gasteiger partial charge in [0.25, 0.3) is 5.91 Å². The number of hydrogen-bond acceptors (Lipinski definition) is 3. The summed E-state index contributed by atoms with van der Waals surface area (Å²) in [6.45, 7) is 2.20. The highest BCUT2D eigenvalue weighted by atomic mass is 19.4. The summed E-state index contributed by atoms with van der Waals surface area (Å²) in [6.07, 6.45) is -1.35. The molecule has 33 heavy (non-hydrogen) atoms. The molecule has 0 aliphatic heterocycles. The minimum absolute atomic E-state index is 0.0845. The molecule has 3 fully saturated rings. The van der Waals surface area contributed by atoms with Gasteiger partial charge in [-0.2, -0.15) is 18.3 Å². The first-order valence-corrected chi connectivity index (χ1v) is 10.7. The number of para-hydroxylation sites is 1. The van der Waals surface area contributed by atoms with Crippen LogP contribution in [0.25, 0.3) is 10.9 Å². The molecule has 3 saturated carbocycles. The number of nitrogens with zero attached hydrogens (tertiary/aromatic N) is 2. The van der Waals surface area contributed by atoms with Gasteiger partial charge in [-0.3, -0.25) is 14.3 Å². The summed E-state index contributed by atoms with van der Waals surface area (Å²) in [6, 6.07) is 10.2. The third kappa shape index (κ3) is 3.37. The average molecular weight is 457 g/mol. The van der Waals surface area contributed by atoms with Crippen LogP contribution < -0.4 is 5.32 Å². The van der Waals surface area contributed by atoms with Gasteiger partial charge in [0.15, 0.2) is 0 Å². The number of nitrogens with one attached hydrogen (secondary N) is 1. The quantitative estimate of drug-likeness (QED) is 0.572. The third-order valence-corrected chi connectivity index (χ3v) is 7.47. The van der Waals surface area contributed by atoms with Crippen molar-refractivity contribution < 1.29 is 27.9 Å². The maximum atomic E-state index is 13.2. The first-order valence-electron chi connectivity index (χ1n) is 10.7. The second kappa shape index (κ2) is 7.07. The Labute approximate surface area is 187 Å². The zero-order valence-corrected chi connectivity index (χ0v) is 17.8. The Balaban J connectivity index is 1.38.